The van der Waals surface area contributed by atoms with Gasteiger partial charge in [0.15, 0.2) is 5.96 Å². The molecule has 1 fully saturated rings. The van der Waals surface area contributed by atoms with Crippen LogP contribution in [0.3, 0.4) is 0 Å². The Bertz CT molecular complexity index is 813. The third-order valence-electron chi connectivity index (χ3n) is 5.78. The zero-order valence-corrected chi connectivity index (χ0v) is 19.0. The van der Waals surface area contributed by atoms with Crippen LogP contribution in [0.25, 0.3) is 0 Å². The van der Waals surface area contributed by atoms with E-state index in [9.17, 15) is 0 Å². The first-order valence-electron chi connectivity index (χ1n) is 11.3. The van der Waals surface area contributed by atoms with Crippen molar-refractivity contribution < 1.29 is 4.74 Å². The highest BCUT2D eigenvalue weighted by molar-refractivity contribution is 5.77. The summed E-state index contributed by atoms with van der Waals surface area (Å²) in [5, 5.41) is 3.20. The number of rotatable bonds is 10. The number of ether oxygens (including phenoxy) is 1. The quantitative estimate of drug-likeness (QED) is 0.349. The van der Waals surface area contributed by atoms with Gasteiger partial charge in [0, 0.05) is 45.0 Å². The van der Waals surface area contributed by atoms with Crippen molar-refractivity contribution in [2.45, 2.75) is 26.2 Å². The summed E-state index contributed by atoms with van der Waals surface area (Å²) in [6.45, 7) is 9.34. The number of aliphatic imine (C=N–C) groups is 1. The standard InChI is InChI=1S/C25H37N5O/c1-21-6-5-7-23(20-21)30-18-16-29(17-19-30)15-4-3-13-27-25(26)28-14-12-22-8-10-24(31-2)11-9-22/h5-11,20H,3-4,12-19H2,1-2H3,(H3,26,27,28). The Labute approximate surface area is 187 Å². The van der Waals surface area contributed by atoms with Crippen LogP contribution < -0.4 is 20.7 Å². The maximum absolute atomic E-state index is 5.99. The number of guanidine groups is 1. The van der Waals surface area contributed by atoms with Gasteiger partial charge in [-0.2, -0.15) is 0 Å². The lowest BCUT2D eigenvalue weighted by Gasteiger charge is -2.36. The molecule has 0 amide bonds. The van der Waals surface area contributed by atoms with Crippen LogP contribution in [0.4, 0.5) is 5.69 Å². The Hall–Kier alpha value is -2.73. The fraction of sp³-hybridized carbons (Fsp3) is 0.480. The lowest BCUT2D eigenvalue weighted by Crippen LogP contribution is -2.46. The topological polar surface area (TPSA) is 66.1 Å². The van der Waals surface area contributed by atoms with Crippen molar-refractivity contribution in [1.82, 2.24) is 10.2 Å². The second-order valence-electron chi connectivity index (χ2n) is 8.17. The minimum Gasteiger partial charge on any atom is -0.497 e. The molecule has 0 saturated carbocycles. The first-order valence-corrected chi connectivity index (χ1v) is 11.3. The van der Waals surface area contributed by atoms with Crippen molar-refractivity contribution in [3.05, 3.63) is 59.7 Å². The van der Waals surface area contributed by atoms with Crippen molar-refractivity contribution in [3.63, 3.8) is 0 Å². The van der Waals surface area contributed by atoms with Gasteiger partial charge in [0.25, 0.3) is 0 Å². The van der Waals surface area contributed by atoms with E-state index in [2.05, 4.69) is 63.4 Å². The minimum atomic E-state index is 0.542. The number of nitrogens with two attached hydrogens (primary N) is 1. The van der Waals surface area contributed by atoms with E-state index in [1.54, 1.807) is 7.11 Å². The molecule has 3 rings (SSSR count). The highest BCUT2D eigenvalue weighted by atomic mass is 16.5. The average molecular weight is 424 g/mol. The summed E-state index contributed by atoms with van der Waals surface area (Å²) in [6, 6.07) is 16.9. The maximum Gasteiger partial charge on any atom is 0.188 e. The van der Waals surface area contributed by atoms with Crippen LogP contribution in [0.1, 0.15) is 24.0 Å². The maximum atomic E-state index is 5.99. The largest absolute Gasteiger partial charge is 0.497 e. The molecule has 6 heteroatoms. The van der Waals surface area contributed by atoms with Gasteiger partial charge in [-0.1, -0.05) is 24.3 Å². The fourth-order valence-electron chi connectivity index (χ4n) is 3.88. The highest BCUT2D eigenvalue weighted by Gasteiger charge is 2.16. The summed E-state index contributed by atoms with van der Waals surface area (Å²) in [5.41, 5.74) is 9.93. The molecule has 1 aliphatic rings. The second kappa shape index (κ2) is 12.2. The zero-order valence-electron chi connectivity index (χ0n) is 19.0. The van der Waals surface area contributed by atoms with E-state index >= 15 is 0 Å². The Balaban J connectivity index is 1.24. The molecule has 0 radical (unpaired) electrons. The van der Waals surface area contributed by atoms with Gasteiger partial charge in [0.05, 0.1) is 7.11 Å². The number of anilines is 1. The molecule has 1 heterocycles. The van der Waals surface area contributed by atoms with Gasteiger partial charge in [-0.25, -0.2) is 0 Å². The van der Waals surface area contributed by atoms with Crippen molar-refractivity contribution in [2.75, 3.05) is 57.8 Å². The monoisotopic (exact) mass is 423 g/mol. The molecule has 0 aliphatic carbocycles. The normalized spacial score (nSPS) is 15.2. The molecule has 0 atom stereocenters. The van der Waals surface area contributed by atoms with Gasteiger partial charge >= 0.3 is 0 Å². The smallest absolute Gasteiger partial charge is 0.188 e. The number of hydrogen-bond donors (Lipinski definition) is 2. The van der Waals surface area contributed by atoms with Crippen molar-refractivity contribution in [3.8, 4) is 5.75 Å². The third-order valence-corrected chi connectivity index (χ3v) is 5.78. The van der Waals surface area contributed by atoms with Gasteiger partial charge in [-0.15, -0.1) is 0 Å². The van der Waals surface area contributed by atoms with E-state index < -0.39 is 0 Å². The molecule has 0 unspecified atom stereocenters. The van der Waals surface area contributed by atoms with Gasteiger partial charge < -0.3 is 20.7 Å². The first kappa shape index (κ1) is 22.9. The minimum absolute atomic E-state index is 0.542. The summed E-state index contributed by atoms with van der Waals surface area (Å²) >= 11 is 0. The highest BCUT2D eigenvalue weighted by Crippen LogP contribution is 2.18. The molecule has 0 bridgehead atoms. The summed E-state index contributed by atoms with van der Waals surface area (Å²) < 4.78 is 5.18. The van der Waals surface area contributed by atoms with Crippen LogP contribution >= 0.6 is 0 Å². The molecular weight excluding hydrogens is 386 g/mol. The van der Waals surface area contributed by atoms with Gasteiger partial charge in [-0.05, 0) is 68.1 Å². The third kappa shape index (κ3) is 7.79. The molecule has 1 aliphatic heterocycles. The molecule has 1 saturated heterocycles. The van der Waals surface area contributed by atoms with Crippen LogP contribution in [-0.4, -0.2) is 63.8 Å². The number of aryl methyl sites for hydroxylation is 1. The van der Waals surface area contributed by atoms with Crippen LogP contribution in [-0.2, 0) is 6.42 Å². The molecule has 0 spiro atoms. The second-order valence-corrected chi connectivity index (χ2v) is 8.17. The van der Waals surface area contributed by atoms with E-state index in [4.69, 9.17) is 10.5 Å². The fourth-order valence-corrected chi connectivity index (χ4v) is 3.88. The number of piperazine rings is 1. The van der Waals surface area contributed by atoms with Gasteiger partial charge in [-0.3, -0.25) is 9.89 Å². The number of nitrogens with zero attached hydrogens (tertiary/aromatic N) is 3. The van der Waals surface area contributed by atoms with E-state index in [-0.39, 0.29) is 0 Å². The summed E-state index contributed by atoms with van der Waals surface area (Å²) in [7, 11) is 1.68. The summed E-state index contributed by atoms with van der Waals surface area (Å²) in [5.74, 6) is 1.42. The Morgan fingerprint density at radius 1 is 1.06 bits per heavy atom. The van der Waals surface area contributed by atoms with Crippen LogP contribution in [0.2, 0.25) is 0 Å². The van der Waals surface area contributed by atoms with Crippen LogP contribution in [0.5, 0.6) is 5.75 Å². The molecule has 168 valence electrons. The number of hydrogen-bond acceptors (Lipinski definition) is 4. The zero-order chi connectivity index (χ0) is 21.9. The van der Waals surface area contributed by atoms with Gasteiger partial charge in [0.1, 0.15) is 5.75 Å². The van der Waals surface area contributed by atoms with Crippen molar-refractivity contribution in [2.24, 2.45) is 10.7 Å². The summed E-state index contributed by atoms with van der Waals surface area (Å²) in [4.78, 5) is 9.52. The van der Waals surface area contributed by atoms with Gasteiger partial charge in [0.2, 0.25) is 0 Å². The molecule has 31 heavy (non-hydrogen) atoms. The molecule has 3 N–H and O–H groups in total. The Kier molecular flexibility index (Phi) is 9.03. The SMILES string of the molecule is COc1ccc(CCNC(N)=NCCCCN2CCN(c3cccc(C)c3)CC2)cc1. The number of benzene rings is 2. The van der Waals surface area contributed by atoms with Crippen molar-refractivity contribution >= 4 is 11.6 Å². The molecular formula is C25H37N5O. The number of unbranched alkanes of at least 4 members (excludes halogenated alkanes) is 1. The number of methoxy groups -OCH3 is 1. The molecule has 6 nitrogen and oxygen atoms in total. The number of nitrogens with one attached hydrogen (secondary N) is 1. The molecule has 0 aromatic heterocycles. The molecule has 2 aromatic carbocycles. The first-order chi connectivity index (χ1) is 15.1. The van der Waals surface area contributed by atoms with E-state index in [1.807, 2.05) is 12.1 Å². The summed E-state index contributed by atoms with van der Waals surface area (Å²) in [6.07, 6.45) is 3.14. The predicted octanol–water partition coefficient (Wildman–Crippen LogP) is 3.05. The van der Waals surface area contributed by atoms with Crippen LogP contribution in [0, 0.1) is 6.92 Å². The molecule has 2 aromatic rings. The van der Waals surface area contributed by atoms with E-state index in [0.29, 0.717) is 5.96 Å². The van der Waals surface area contributed by atoms with Crippen molar-refractivity contribution in [1.29, 1.82) is 0 Å². The lowest BCUT2D eigenvalue weighted by molar-refractivity contribution is 0.253. The van der Waals surface area contributed by atoms with Crippen LogP contribution in [0.15, 0.2) is 53.5 Å². The predicted molar refractivity (Wildman–Crippen MR) is 130 cm³/mol. The Morgan fingerprint density at radius 3 is 2.55 bits per heavy atom. The average Bonchev–Trinajstić information content (AvgIpc) is 2.80. The van der Waals surface area contributed by atoms with E-state index in [0.717, 1.165) is 70.8 Å². The Morgan fingerprint density at radius 2 is 1.84 bits per heavy atom. The van der Waals surface area contributed by atoms with E-state index in [1.165, 1.54) is 16.8 Å². The lowest BCUT2D eigenvalue weighted by atomic mass is 10.1.